The van der Waals surface area contributed by atoms with Crippen molar-refractivity contribution in [1.29, 1.82) is 0 Å². The van der Waals surface area contributed by atoms with Crippen LogP contribution < -0.4 is 4.74 Å². The average Bonchev–Trinajstić information content (AvgIpc) is 2.47. The summed E-state index contributed by atoms with van der Waals surface area (Å²) in [7, 11) is 1.50. The predicted octanol–water partition coefficient (Wildman–Crippen LogP) is 3.51. The van der Waals surface area contributed by atoms with Crippen LogP contribution in [0.4, 0.5) is 0 Å². The lowest BCUT2D eigenvalue weighted by atomic mass is 10.1. The van der Waals surface area contributed by atoms with Crippen molar-refractivity contribution in [3.8, 4) is 34.3 Å². The largest absolute Gasteiger partial charge is 0.508 e. The maximum Gasteiger partial charge on any atom is 0.402 e. The Morgan fingerprint density at radius 3 is 2.29 bits per heavy atom. The molecule has 0 unspecified atom stereocenters. The molecule has 106 valence electrons. The molecule has 0 saturated heterocycles. The number of phenols is 3. The maximum atomic E-state index is 9.86. The Labute approximate surface area is 120 Å². The highest BCUT2D eigenvalue weighted by molar-refractivity contribution is 5.88. The van der Waals surface area contributed by atoms with E-state index in [9.17, 15) is 15.3 Å². The number of ether oxygens (including phenoxy) is 1. The number of fused-ring (bicyclic) bond motifs is 1. The summed E-state index contributed by atoms with van der Waals surface area (Å²) in [6.07, 6.45) is 0. The highest BCUT2D eigenvalue weighted by Crippen LogP contribution is 2.39. The zero-order valence-electron chi connectivity index (χ0n) is 11.2. The fourth-order valence-electron chi connectivity index (χ4n) is 2.15. The summed E-state index contributed by atoms with van der Waals surface area (Å²) in [5.74, 6) is 0.841. The molecule has 0 amide bonds. The maximum absolute atomic E-state index is 9.86. The van der Waals surface area contributed by atoms with E-state index in [2.05, 4.69) is 0 Å². The van der Waals surface area contributed by atoms with Gasteiger partial charge in [0.05, 0.1) is 18.7 Å². The molecular formula is C16H13O5+. The highest BCUT2D eigenvalue weighted by atomic mass is 16.5. The van der Waals surface area contributed by atoms with Crippen LogP contribution >= 0.6 is 0 Å². The minimum absolute atomic E-state index is 0.0921. The van der Waals surface area contributed by atoms with Crippen LogP contribution in [0.15, 0.2) is 46.9 Å². The number of hydrogen-bond donors (Lipinski definition) is 3. The number of benzene rings is 2. The fourth-order valence-corrected chi connectivity index (χ4v) is 2.15. The Hall–Kier alpha value is -2.95. The topological polar surface area (TPSA) is 81.2 Å². The van der Waals surface area contributed by atoms with E-state index in [0.29, 0.717) is 28.0 Å². The molecule has 0 radical (unpaired) electrons. The summed E-state index contributed by atoms with van der Waals surface area (Å²) in [5.41, 5.74) is 1.03. The van der Waals surface area contributed by atoms with Crippen LogP contribution in [0.2, 0.25) is 0 Å². The molecule has 0 saturated carbocycles. The van der Waals surface area contributed by atoms with Gasteiger partial charge in [0, 0.05) is 12.1 Å². The Morgan fingerprint density at radius 2 is 1.62 bits per heavy atom. The molecule has 5 heteroatoms. The van der Waals surface area contributed by atoms with Gasteiger partial charge >= 0.3 is 11.3 Å². The molecule has 0 atom stereocenters. The Bertz CT molecular complexity index is 809. The quantitative estimate of drug-likeness (QED) is 0.628. The normalized spacial score (nSPS) is 10.7. The Balaban J connectivity index is 2.28. The lowest BCUT2D eigenvalue weighted by Gasteiger charge is -2.02. The molecule has 0 spiro atoms. The molecule has 0 aliphatic heterocycles. The lowest BCUT2D eigenvalue weighted by Crippen LogP contribution is -1.89. The van der Waals surface area contributed by atoms with Crippen LogP contribution in [0.3, 0.4) is 0 Å². The molecule has 0 fully saturated rings. The minimum Gasteiger partial charge on any atom is -0.508 e. The van der Waals surface area contributed by atoms with Gasteiger partial charge in [0.15, 0.2) is 0 Å². The van der Waals surface area contributed by atoms with E-state index in [1.54, 1.807) is 18.2 Å². The predicted molar refractivity (Wildman–Crippen MR) is 77.6 cm³/mol. The molecule has 3 rings (SSSR count). The van der Waals surface area contributed by atoms with E-state index in [-0.39, 0.29) is 17.2 Å². The van der Waals surface area contributed by atoms with Gasteiger partial charge in [0.1, 0.15) is 22.6 Å². The average molecular weight is 285 g/mol. The van der Waals surface area contributed by atoms with Gasteiger partial charge in [-0.2, -0.15) is 0 Å². The third kappa shape index (κ3) is 2.29. The molecular weight excluding hydrogens is 272 g/mol. The van der Waals surface area contributed by atoms with Gasteiger partial charge in [-0.25, -0.2) is 4.42 Å². The zero-order valence-corrected chi connectivity index (χ0v) is 11.2. The van der Waals surface area contributed by atoms with Gasteiger partial charge in [0.2, 0.25) is 5.75 Å². The molecule has 0 aliphatic rings. The lowest BCUT2D eigenvalue weighted by molar-refractivity contribution is 0.401. The molecule has 5 nitrogen and oxygen atoms in total. The summed E-state index contributed by atoms with van der Waals surface area (Å²) in [4.78, 5) is 0. The van der Waals surface area contributed by atoms with Gasteiger partial charge < -0.3 is 20.1 Å². The molecule has 1 heterocycles. The SMILES string of the molecule is COc1cc2c(O)cc(O)cc2[o+]c1-c1ccc(O)cc1. The second-order valence-electron chi connectivity index (χ2n) is 4.57. The van der Waals surface area contributed by atoms with Crippen molar-refractivity contribution in [2.24, 2.45) is 0 Å². The molecule has 3 N–H and O–H groups in total. The monoisotopic (exact) mass is 285 g/mol. The van der Waals surface area contributed by atoms with Crippen LogP contribution in [-0.4, -0.2) is 22.4 Å². The molecule has 3 aromatic rings. The van der Waals surface area contributed by atoms with E-state index in [1.807, 2.05) is 0 Å². The molecule has 0 aliphatic carbocycles. The minimum atomic E-state index is -0.0932. The van der Waals surface area contributed by atoms with Crippen molar-refractivity contribution in [3.05, 3.63) is 42.5 Å². The summed E-state index contributed by atoms with van der Waals surface area (Å²) in [6.45, 7) is 0. The van der Waals surface area contributed by atoms with Gasteiger partial charge in [-0.05, 0) is 24.3 Å². The Kier molecular flexibility index (Phi) is 3.02. The molecule has 1 aromatic heterocycles. The second kappa shape index (κ2) is 4.86. The molecule has 0 bridgehead atoms. The van der Waals surface area contributed by atoms with Gasteiger partial charge in [-0.3, -0.25) is 0 Å². The van der Waals surface area contributed by atoms with Crippen LogP contribution in [0, 0.1) is 0 Å². The highest BCUT2D eigenvalue weighted by Gasteiger charge is 2.24. The zero-order chi connectivity index (χ0) is 15.0. The van der Waals surface area contributed by atoms with E-state index in [0.717, 1.165) is 0 Å². The van der Waals surface area contributed by atoms with Crippen molar-refractivity contribution < 1.29 is 24.5 Å². The van der Waals surface area contributed by atoms with E-state index >= 15 is 0 Å². The van der Waals surface area contributed by atoms with E-state index in [4.69, 9.17) is 9.15 Å². The smallest absolute Gasteiger partial charge is 0.402 e. The van der Waals surface area contributed by atoms with Gasteiger partial charge in [-0.1, -0.05) is 0 Å². The molecule has 21 heavy (non-hydrogen) atoms. The first-order valence-electron chi connectivity index (χ1n) is 6.24. The van der Waals surface area contributed by atoms with Crippen LogP contribution in [0.1, 0.15) is 0 Å². The van der Waals surface area contributed by atoms with Crippen LogP contribution in [-0.2, 0) is 0 Å². The van der Waals surface area contributed by atoms with Crippen LogP contribution in [0.25, 0.3) is 22.3 Å². The first-order valence-corrected chi connectivity index (χ1v) is 6.24. The fraction of sp³-hybridized carbons (Fsp3) is 0.0625. The third-order valence-electron chi connectivity index (χ3n) is 3.17. The number of phenolic OH excluding ortho intramolecular Hbond substituents is 3. The summed E-state index contributed by atoms with van der Waals surface area (Å²) in [5, 5.41) is 29.2. The second-order valence-corrected chi connectivity index (χ2v) is 4.57. The number of methoxy groups -OCH3 is 1. The van der Waals surface area contributed by atoms with Crippen molar-refractivity contribution in [2.75, 3.05) is 7.11 Å². The van der Waals surface area contributed by atoms with Crippen molar-refractivity contribution in [2.45, 2.75) is 0 Å². The van der Waals surface area contributed by atoms with E-state index < -0.39 is 0 Å². The summed E-state index contributed by atoms with van der Waals surface area (Å²) in [6, 6.07) is 10.7. The number of rotatable bonds is 2. The number of hydrogen-bond acceptors (Lipinski definition) is 4. The van der Waals surface area contributed by atoms with Crippen LogP contribution in [0.5, 0.6) is 23.0 Å². The summed E-state index contributed by atoms with van der Waals surface area (Å²) >= 11 is 0. The third-order valence-corrected chi connectivity index (χ3v) is 3.17. The standard InChI is InChI=1S/C16H12O5/c1-20-15-8-12-13(19)6-11(18)7-14(12)21-16(15)9-2-4-10(17)5-3-9/h2-8H,1H3,(H2-,17,18,19)/p+1. The van der Waals surface area contributed by atoms with Crippen molar-refractivity contribution in [1.82, 2.24) is 0 Å². The molecule has 2 aromatic carbocycles. The van der Waals surface area contributed by atoms with Crippen molar-refractivity contribution in [3.63, 3.8) is 0 Å². The number of aromatic hydroxyl groups is 3. The van der Waals surface area contributed by atoms with Gasteiger partial charge in [-0.15, -0.1) is 0 Å². The first-order chi connectivity index (χ1) is 10.1. The Morgan fingerprint density at radius 1 is 0.905 bits per heavy atom. The first kappa shape index (κ1) is 13.1. The van der Waals surface area contributed by atoms with Crippen molar-refractivity contribution >= 4 is 11.0 Å². The summed E-state index contributed by atoms with van der Waals surface area (Å²) < 4.78 is 11.0. The van der Waals surface area contributed by atoms with E-state index in [1.165, 1.54) is 31.4 Å². The van der Waals surface area contributed by atoms with Gasteiger partial charge in [0.25, 0.3) is 0 Å².